The van der Waals surface area contributed by atoms with E-state index in [9.17, 15) is 4.79 Å². The second kappa shape index (κ2) is 4.34. The fraction of sp³-hybridized carbons (Fsp3) is 0.167. The summed E-state index contributed by atoms with van der Waals surface area (Å²) in [6.07, 6.45) is 1.67. The number of carbonyl (C=O) groups is 1. The molecule has 0 fully saturated rings. The van der Waals surface area contributed by atoms with E-state index in [4.69, 9.17) is 21.1 Å². The third-order valence-electron chi connectivity index (χ3n) is 2.60. The third-order valence-corrected chi connectivity index (χ3v) is 2.86. The minimum Gasteiger partial charge on any atom is -0.454 e. The molecule has 92 valence electrons. The fourth-order valence-electron chi connectivity index (χ4n) is 1.72. The number of alkyl halides is 1. The molecule has 0 unspecified atom stereocenters. The van der Waals surface area contributed by atoms with Crippen molar-refractivity contribution in [3.05, 3.63) is 29.3 Å². The summed E-state index contributed by atoms with van der Waals surface area (Å²) in [5.74, 6) is 0.975. The van der Waals surface area contributed by atoms with Crippen molar-refractivity contribution in [2.24, 2.45) is 5.16 Å². The summed E-state index contributed by atoms with van der Waals surface area (Å²) in [6.45, 7) is 0.214. The predicted molar refractivity (Wildman–Crippen MR) is 64.8 cm³/mol. The molecule has 0 aliphatic carbocycles. The first-order valence-corrected chi connectivity index (χ1v) is 5.77. The molecule has 2 heterocycles. The van der Waals surface area contributed by atoms with Crippen LogP contribution in [0.25, 0.3) is 6.08 Å². The monoisotopic (exact) mass is 265 g/mol. The molecule has 1 aromatic carbocycles. The van der Waals surface area contributed by atoms with Gasteiger partial charge in [-0.2, -0.15) is 0 Å². The number of carbonyl (C=O) groups excluding carboxylic acids is 1. The molecule has 0 amide bonds. The Morgan fingerprint density at radius 2 is 2.17 bits per heavy atom. The molecule has 2 aliphatic heterocycles. The lowest BCUT2D eigenvalue weighted by atomic mass is 10.1. The van der Waals surface area contributed by atoms with E-state index in [1.54, 1.807) is 18.2 Å². The lowest BCUT2D eigenvalue weighted by Crippen LogP contribution is -2.06. The van der Waals surface area contributed by atoms with E-state index in [1.165, 1.54) is 0 Å². The van der Waals surface area contributed by atoms with Crippen molar-refractivity contribution in [2.75, 3.05) is 12.7 Å². The van der Waals surface area contributed by atoms with Crippen LogP contribution in [0, 0.1) is 0 Å². The Labute approximate surface area is 108 Å². The Morgan fingerprint density at radius 3 is 3.00 bits per heavy atom. The molecular formula is C12H8ClNO4. The fourth-order valence-corrected chi connectivity index (χ4v) is 1.91. The zero-order valence-corrected chi connectivity index (χ0v) is 9.94. The summed E-state index contributed by atoms with van der Waals surface area (Å²) in [6, 6.07) is 5.39. The number of oxime groups is 1. The van der Waals surface area contributed by atoms with Crippen LogP contribution in [-0.4, -0.2) is 24.4 Å². The first-order valence-electron chi connectivity index (χ1n) is 5.24. The first-order chi connectivity index (χ1) is 8.78. The molecule has 2 aliphatic rings. The summed E-state index contributed by atoms with van der Waals surface area (Å²) in [5, 5.41) is 3.60. The van der Waals surface area contributed by atoms with E-state index >= 15 is 0 Å². The molecule has 1 aromatic rings. The molecule has 0 radical (unpaired) electrons. The van der Waals surface area contributed by atoms with Gasteiger partial charge in [0.25, 0.3) is 0 Å². The number of ether oxygens (including phenoxy) is 2. The van der Waals surface area contributed by atoms with E-state index < -0.39 is 5.97 Å². The lowest BCUT2D eigenvalue weighted by molar-refractivity contribution is -0.136. The Bertz CT molecular complexity index is 579. The normalized spacial score (nSPS) is 19.1. The van der Waals surface area contributed by atoms with Crippen LogP contribution < -0.4 is 9.47 Å². The highest BCUT2D eigenvalue weighted by Crippen LogP contribution is 2.33. The van der Waals surface area contributed by atoms with E-state index in [2.05, 4.69) is 9.99 Å². The number of rotatable bonds is 2. The van der Waals surface area contributed by atoms with Crippen LogP contribution in [0.5, 0.6) is 11.5 Å². The van der Waals surface area contributed by atoms with Crippen molar-refractivity contribution in [3.8, 4) is 11.5 Å². The molecule has 0 aromatic heterocycles. The van der Waals surface area contributed by atoms with Crippen molar-refractivity contribution in [2.45, 2.75) is 0 Å². The highest BCUT2D eigenvalue weighted by Gasteiger charge is 2.24. The minimum absolute atomic E-state index is 0.127. The van der Waals surface area contributed by atoms with Gasteiger partial charge < -0.3 is 14.3 Å². The maximum atomic E-state index is 11.5. The average molecular weight is 266 g/mol. The van der Waals surface area contributed by atoms with Gasteiger partial charge in [-0.25, -0.2) is 4.79 Å². The van der Waals surface area contributed by atoms with Crippen molar-refractivity contribution < 1.29 is 19.1 Å². The van der Waals surface area contributed by atoms with Crippen LogP contribution in [0.3, 0.4) is 0 Å². The number of hydrogen-bond donors (Lipinski definition) is 0. The predicted octanol–water partition coefficient (Wildman–Crippen LogP) is 1.95. The second-order valence-corrected chi connectivity index (χ2v) is 3.99. The van der Waals surface area contributed by atoms with Crippen molar-refractivity contribution in [1.29, 1.82) is 0 Å². The largest absolute Gasteiger partial charge is 0.454 e. The smallest absolute Gasteiger partial charge is 0.367 e. The zero-order chi connectivity index (χ0) is 12.5. The van der Waals surface area contributed by atoms with Gasteiger partial charge in [-0.3, -0.25) is 0 Å². The average Bonchev–Trinajstić information content (AvgIpc) is 2.97. The van der Waals surface area contributed by atoms with Crippen molar-refractivity contribution in [1.82, 2.24) is 0 Å². The molecule has 0 saturated carbocycles. The molecule has 0 spiro atoms. The van der Waals surface area contributed by atoms with Gasteiger partial charge in [0.05, 0.1) is 11.5 Å². The maximum absolute atomic E-state index is 11.5. The van der Waals surface area contributed by atoms with Gasteiger partial charge in [0.15, 0.2) is 11.5 Å². The molecule has 18 heavy (non-hydrogen) atoms. The molecule has 6 heteroatoms. The van der Waals surface area contributed by atoms with Crippen LogP contribution in [-0.2, 0) is 9.63 Å². The van der Waals surface area contributed by atoms with E-state index in [0.717, 1.165) is 5.56 Å². The zero-order valence-electron chi connectivity index (χ0n) is 9.18. The van der Waals surface area contributed by atoms with Gasteiger partial charge in [-0.05, 0) is 23.8 Å². The van der Waals surface area contributed by atoms with Gasteiger partial charge >= 0.3 is 5.97 Å². The molecule has 0 N–H and O–H groups in total. The summed E-state index contributed by atoms with van der Waals surface area (Å²) < 4.78 is 10.5. The Morgan fingerprint density at radius 1 is 1.33 bits per heavy atom. The van der Waals surface area contributed by atoms with Gasteiger partial charge in [0.1, 0.15) is 5.71 Å². The summed E-state index contributed by atoms with van der Waals surface area (Å²) >= 11 is 5.68. The number of halogens is 1. The van der Waals surface area contributed by atoms with Crippen molar-refractivity contribution in [3.63, 3.8) is 0 Å². The highest BCUT2D eigenvalue weighted by atomic mass is 35.5. The third kappa shape index (κ3) is 1.82. The quantitative estimate of drug-likeness (QED) is 0.466. The van der Waals surface area contributed by atoms with Gasteiger partial charge in [-0.1, -0.05) is 11.2 Å². The molecular weight excluding hydrogens is 258 g/mol. The Balaban J connectivity index is 1.96. The summed E-state index contributed by atoms with van der Waals surface area (Å²) in [4.78, 5) is 16.0. The molecule has 0 bridgehead atoms. The molecule has 0 atom stereocenters. The molecule has 0 saturated heterocycles. The summed E-state index contributed by atoms with van der Waals surface area (Å²) in [7, 11) is 0. The maximum Gasteiger partial charge on any atom is 0.367 e. The number of benzene rings is 1. The number of nitrogens with zero attached hydrogens (tertiary/aromatic N) is 1. The van der Waals surface area contributed by atoms with Crippen LogP contribution in [0.1, 0.15) is 5.56 Å². The lowest BCUT2D eigenvalue weighted by Gasteiger charge is -1.99. The number of hydrogen-bond acceptors (Lipinski definition) is 5. The SMILES string of the molecule is O=C1ON=C(CCl)/C1=C/c1ccc2c(c1)OCO2. The first kappa shape index (κ1) is 11.1. The Hall–Kier alpha value is -2.01. The molecule has 5 nitrogen and oxygen atoms in total. The van der Waals surface area contributed by atoms with Crippen molar-refractivity contribution >= 4 is 29.4 Å². The topological polar surface area (TPSA) is 57.1 Å². The summed E-state index contributed by atoms with van der Waals surface area (Å²) in [5.41, 5.74) is 1.59. The van der Waals surface area contributed by atoms with E-state index in [0.29, 0.717) is 22.8 Å². The minimum atomic E-state index is -0.497. The van der Waals surface area contributed by atoms with E-state index in [1.807, 2.05) is 6.07 Å². The van der Waals surface area contributed by atoms with Gasteiger partial charge in [0.2, 0.25) is 6.79 Å². The molecule has 3 rings (SSSR count). The number of fused-ring (bicyclic) bond motifs is 1. The van der Waals surface area contributed by atoms with E-state index in [-0.39, 0.29) is 12.7 Å². The van der Waals surface area contributed by atoms with Crippen LogP contribution in [0.15, 0.2) is 28.9 Å². The Kier molecular flexibility index (Phi) is 2.68. The van der Waals surface area contributed by atoms with Crippen LogP contribution in [0.4, 0.5) is 0 Å². The second-order valence-electron chi connectivity index (χ2n) is 3.72. The van der Waals surface area contributed by atoms with Gasteiger partial charge in [0, 0.05) is 0 Å². The highest BCUT2D eigenvalue weighted by molar-refractivity contribution is 6.38. The van der Waals surface area contributed by atoms with Gasteiger partial charge in [-0.15, -0.1) is 11.6 Å². The van der Waals surface area contributed by atoms with Crippen LogP contribution in [0.2, 0.25) is 0 Å². The van der Waals surface area contributed by atoms with Crippen LogP contribution >= 0.6 is 11.6 Å². The standard InChI is InChI=1S/C12H8ClNO4/c13-5-9-8(12(15)18-14-9)3-7-1-2-10-11(4-7)17-6-16-10/h1-4H,5-6H2/b8-3-.